The Morgan fingerprint density at radius 2 is 2.04 bits per heavy atom. The Kier molecular flexibility index (Phi) is 4.33. The summed E-state index contributed by atoms with van der Waals surface area (Å²) >= 11 is 1.18. The lowest BCUT2D eigenvalue weighted by Crippen LogP contribution is -2.12. The molecule has 4 rings (SSSR count). The van der Waals surface area contributed by atoms with Crippen LogP contribution < -0.4 is 9.46 Å². The summed E-state index contributed by atoms with van der Waals surface area (Å²) in [6.45, 7) is 1.85. The smallest absolute Gasteiger partial charge is 0.271 e. The molecule has 0 amide bonds. The number of ether oxygens (including phenoxy) is 1. The zero-order valence-corrected chi connectivity index (χ0v) is 16.2. The Labute approximate surface area is 160 Å². The van der Waals surface area contributed by atoms with Crippen molar-refractivity contribution >= 4 is 32.7 Å². The molecule has 0 saturated heterocycles. The van der Waals surface area contributed by atoms with Crippen LogP contribution in [-0.2, 0) is 10.0 Å². The van der Waals surface area contributed by atoms with E-state index >= 15 is 0 Å². The molecule has 1 aromatic carbocycles. The normalized spacial score (nSPS) is 11.6. The Hall–Kier alpha value is -2.91. The number of hydrogen-bond acceptors (Lipinski definition) is 6. The number of aromatic nitrogens is 3. The van der Waals surface area contributed by atoms with Crippen LogP contribution in [0.25, 0.3) is 16.9 Å². The molecule has 4 aromatic rings. The molecule has 0 aliphatic rings. The summed E-state index contributed by atoms with van der Waals surface area (Å²) in [6, 6.07) is 12.4. The number of nitrogens with zero attached hydrogens (tertiary/aromatic N) is 3. The van der Waals surface area contributed by atoms with Crippen molar-refractivity contribution in [3.63, 3.8) is 0 Å². The number of methoxy groups -OCH3 is 1. The number of thiophene rings is 1. The molecule has 9 heteroatoms. The van der Waals surface area contributed by atoms with E-state index in [0.717, 1.165) is 11.1 Å². The second-order valence-electron chi connectivity index (χ2n) is 5.87. The molecule has 0 spiro atoms. The minimum Gasteiger partial charge on any atom is -0.480 e. The minimum absolute atomic E-state index is 0.274. The summed E-state index contributed by atoms with van der Waals surface area (Å²) in [6.07, 6.45) is 1.78. The second kappa shape index (κ2) is 6.67. The van der Waals surface area contributed by atoms with Gasteiger partial charge >= 0.3 is 0 Å². The molecule has 0 bridgehead atoms. The molecule has 0 saturated carbocycles. The topological polar surface area (TPSA) is 85.6 Å². The number of anilines is 1. The number of hydrogen-bond donors (Lipinski definition) is 1. The molecular weight excluding hydrogens is 384 g/mol. The number of imidazole rings is 1. The van der Waals surface area contributed by atoms with E-state index in [2.05, 4.69) is 14.8 Å². The predicted octanol–water partition coefficient (Wildman–Crippen LogP) is 3.58. The number of benzene rings is 1. The van der Waals surface area contributed by atoms with Crippen molar-refractivity contribution in [1.29, 1.82) is 0 Å². The highest BCUT2D eigenvalue weighted by Gasteiger charge is 2.17. The minimum atomic E-state index is -3.61. The van der Waals surface area contributed by atoms with E-state index in [1.54, 1.807) is 47.5 Å². The fourth-order valence-electron chi connectivity index (χ4n) is 2.62. The van der Waals surface area contributed by atoms with Gasteiger partial charge in [0.15, 0.2) is 5.65 Å². The number of sulfonamides is 1. The van der Waals surface area contributed by atoms with E-state index in [1.807, 2.05) is 25.1 Å². The first-order chi connectivity index (χ1) is 13.0. The maximum Gasteiger partial charge on any atom is 0.271 e. The van der Waals surface area contributed by atoms with Gasteiger partial charge in [0.1, 0.15) is 4.21 Å². The molecule has 0 radical (unpaired) electrons. The van der Waals surface area contributed by atoms with Crippen molar-refractivity contribution in [3.8, 4) is 17.1 Å². The van der Waals surface area contributed by atoms with Crippen LogP contribution in [0.15, 0.2) is 58.3 Å². The predicted molar refractivity (Wildman–Crippen MR) is 105 cm³/mol. The molecule has 138 valence electrons. The molecule has 0 unspecified atom stereocenters. The quantitative estimate of drug-likeness (QED) is 0.553. The fraction of sp³-hybridized carbons (Fsp3) is 0.111. The van der Waals surface area contributed by atoms with Crippen LogP contribution in [0.3, 0.4) is 0 Å². The lowest BCUT2D eigenvalue weighted by atomic mass is 10.1. The molecule has 0 atom stereocenters. The average Bonchev–Trinajstić information content (AvgIpc) is 3.32. The monoisotopic (exact) mass is 400 g/mol. The summed E-state index contributed by atoms with van der Waals surface area (Å²) in [5.74, 6) is 0.486. The van der Waals surface area contributed by atoms with Crippen LogP contribution in [0.1, 0.15) is 5.56 Å². The van der Waals surface area contributed by atoms with Crippen LogP contribution >= 0.6 is 11.3 Å². The Morgan fingerprint density at radius 1 is 1.19 bits per heavy atom. The lowest BCUT2D eigenvalue weighted by Gasteiger charge is -2.10. The Balaban J connectivity index is 1.72. The third-order valence-corrected chi connectivity index (χ3v) is 6.81. The summed E-state index contributed by atoms with van der Waals surface area (Å²) < 4.78 is 34.8. The van der Waals surface area contributed by atoms with Crippen LogP contribution in [0.2, 0.25) is 0 Å². The molecule has 27 heavy (non-hydrogen) atoms. The van der Waals surface area contributed by atoms with Gasteiger partial charge in [0, 0.05) is 11.6 Å². The van der Waals surface area contributed by atoms with Crippen LogP contribution in [0.4, 0.5) is 5.69 Å². The van der Waals surface area contributed by atoms with E-state index in [0.29, 0.717) is 22.9 Å². The van der Waals surface area contributed by atoms with Gasteiger partial charge in [0.05, 0.1) is 24.7 Å². The first kappa shape index (κ1) is 17.5. The number of aryl methyl sites for hydroxylation is 1. The molecular formula is C18H16N4O3S2. The number of nitrogens with one attached hydrogen (secondary N) is 1. The van der Waals surface area contributed by atoms with E-state index in [-0.39, 0.29) is 4.21 Å². The molecule has 1 N–H and O–H groups in total. The van der Waals surface area contributed by atoms with Crippen molar-refractivity contribution in [2.24, 2.45) is 0 Å². The van der Waals surface area contributed by atoms with Gasteiger partial charge in [-0.05, 0) is 36.1 Å². The average molecular weight is 400 g/mol. The van der Waals surface area contributed by atoms with Crippen molar-refractivity contribution in [2.75, 3.05) is 11.8 Å². The van der Waals surface area contributed by atoms with Crippen LogP contribution in [-0.4, -0.2) is 30.1 Å². The van der Waals surface area contributed by atoms with Crippen molar-refractivity contribution < 1.29 is 13.2 Å². The fourth-order valence-corrected chi connectivity index (χ4v) is 4.73. The second-order valence-corrected chi connectivity index (χ2v) is 8.73. The highest BCUT2D eigenvalue weighted by Crippen LogP contribution is 2.28. The van der Waals surface area contributed by atoms with Crippen molar-refractivity contribution in [2.45, 2.75) is 11.1 Å². The maximum atomic E-state index is 12.5. The van der Waals surface area contributed by atoms with Gasteiger partial charge in [-0.1, -0.05) is 18.2 Å². The van der Waals surface area contributed by atoms with Gasteiger partial charge < -0.3 is 4.74 Å². The molecule has 7 nitrogen and oxygen atoms in total. The highest BCUT2D eigenvalue weighted by atomic mass is 32.2. The maximum absolute atomic E-state index is 12.5. The summed E-state index contributed by atoms with van der Waals surface area (Å²) in [4.78, 5) is 4.55. The Morgan fingerprint density at radius 3 is 2.78 bits per heavy atom. The van der Waals surface area contributed by atoms with Gasteiger partial charge in [0.2, 0.25) is 5.88 Å². The Bertz CT molecular complexity index is 1210. The summed E-state index contributed by atoms with van der Waals surface area (Å²) in [5.41, 5.74) is 3.49. The molecule has 0 fully saturated rings. The van der Waals surface area contributed by atoms with Gasteiger partial charge in [-0.3, -0.25) is 4.72 Å². The zero-order valence-electron chi connectivity index (χ0n) is 14.6. The van der Waals surface area contributed by atoms with Gasteiger partial charge in [0.25, 0.3) is 10.0 Å². The van der Waals surface area contributed by atoms with Gasteiger partial charge in [-0.15, -0.1) is 16.4 Å². The first-order valence-corrected chi connectivity index (χ1v) is 10.4. The molecule has 0 aliphatic carbocycles. The third kappa shape index (κ3) is 3.38. The first-order valence-electron chi connectivity index (χ1n) is 8.04. The van der Waals surface area contributed by atoms with Gasteiger partial charge in [-0.25, -0.2) is 17.9 Å². The van der Waals surface area contributed by atoms with E-state index < -0.39 is 10.0 Å². The number of rotatable bonds is 5. The highest BCUT2D eigenvalue weighted by molar-refractivity contribution is 7.94. The van der Waals surface area contributed by atoms with Crippen molar-refractivity contribution in [3.05, 3.63) is 59.6 Å². The summed E-state index contributed by atoms with van der Waals surface area (Å²) in [7, 11) is -2.06. The van der Waals surface area contributed by atoms with Crippen molar-refractivity contribution in [1.82, 2.24) is 14.6 Å². The zero-order chi connectivity index (χ0) is 19.0. The van der Waals surface area contributed by atoms with Crippen LogP contribution in [0.5, 0.6) is 5.88 Å². The standard InChI is InChI=1S/C18H16N4O3S2/c1-12-5-6-13(10-14(12)21-27(23,24)18-4-3-9-26-18)15-11-22-16(19-15)7-8-17(20-22)25-2/h3-11,21H,1-2H3. The third-order valence-electron chi connectivity index (χ3n) is 4.04. The molecule has 3 aromatic heterocycles. The van der Waals surface area contributed by atoms with Crippen LogP contribution in [0, 0.1) is 6.92 Å². The lowest BCUT2D eigenvalue weighted by molar-refractivity contribution is 0.390. The van der Waals surface area contributed by atoms with E-state index in [9.17, 15) is 8.42 Å². The largest absolute Gasteiger partial charge is 0.480 e. The van der Waals surface area contributed by atoms with Gasteiger partial charge in [-0.2, -0.15) is 0 Å². The SMILES string of the molecule is COc1ccc2nc(-c3ccc(C)c(NS(=O)(=O)c4cccs4)c3)cn2n1. The number of fused-ring (bicyclic) bond motifs is 1. The van der Waals surface area contributed by atoms with E-state index in [1.165, 1.54) is 11.3 Å². The van der Waals surface area contributed by atoms with E-state index in [4.69, 9.17) is 4.74 Å². The molecule has 3 heterocycles. The summed E-state index contributed by atoms with van der Waals surface area (Å²) in [5, 5.41) is 6.03. The molecule has 0 aliphatic heterocycles.